The molecule has 0 aliphatic carbocycles. The number of benzene rings is 2. The molecule has 0 bridgehead atoms. The van der Waals surface area contributed by atoms with E-state index in [1.54, 1.807) is 25.1 Å². The number of nitro benzene ring substituents is 1. The Bertz CT molecular complexity index is 1430. The zero-order valence-corrected chi connectivity index (χ0v) is 23.4. The zero-order chi connectivity index (χ0) is 26.8. The van der Waals surface area contributed by atoms with E-state index in [1.165, 1.54) is 29.9 Å². The van der Waals surface area contributed by atoms with Crippen LogP contribution in [0.5, 0.6) is 5.75 Å². The van der Waals surface area contributed by atoms with Crippen molar-refractivity contribution in [2.45, 2.75) is 46.1 Å². The van der Waals surface area contributed by atoms with E-state index in [9.17, 15) is 19.7 Å². The lowest BCUT2D eigenvalue weighted by molar-refractivity contribution is -0.386. The lowest BCUT2D eigenvalue weighted by Gasteiger charge is -2.21. The molecule has 1 atom stereocenters. The van der Waals surface area contributed by atoms with Gasteiger partial charge in [0.05, 0.1) is 28.6 Å². The van der Waals surface area contributed by atoms with E-state index < -0.39 is 28.0 Å². The van der Waals surface area contributed by atoms with Crippen LogP contribution in [-0.4, -0.2) is 39.5 Å². The summed E-state index contributed by atoms with van der Waals surface area (Å²) in [5.41, 5.74) is -0.655. The van der Waals surface area contributed by atoms with Crippen LogP contribution >= 0.6 is 31.9 Å². The average Bonchev–Trinajstić information content (AvgIpc) is 2.79. The summed E-state index contributed by atoms with van der Waals surface area (Å²) in [6.07, 6.45) is 0.150. The molecule has 10 nitrogen and oxygen atoms in total. The predicted octanol–water partition coefficient (Wildman–Crippen LogP) is 5.34. The Kier molecular flexibility index (Phi) is 8.29. The van der Waals surface area contributed by atoms with E-state index >= 15 is 0 Å². The third kappa shape index (κ3) is 5.98. The highest BCUT2D eigenvalue weighted by atomic mass is 79.9. The standard InChI is InChI=1S/C24H24Br2N4O6/c1-6-35-22(32)13(2)36-20-14(9-16(26)11-19(20)30(33)34)12-27-29-21(31)17-10-15(25)7-8-18(17)28-23(29)24(3,4)5/h7-13H,6H2,1-5H3/t13-/m0/s1. The molecule has 190 valence electrons. The van der Waals surface area contributed by atoms with E-state index in [4.69, 9.17) is 9.47 Å². The third-order valence-corrected chi connectivity index (χ3v) is 5.92. The fourth-order valence-electron chi connectivity index (χ4n) is 3.31. The molecule has 0 aliphatic rings. The molecule has 3 aromatic rings. The molecule has 0 radical (unpaired) electrons. The van der Waals surface area contributed by atoms with Crippen molar-refractivity contribution in [1.82, 2.24) is 9.66 Å². The normalized spacial score (nSPS) is 12.6. The highest BCUT2D eigenvalue weighted by Crippen LogP contribution is 2.35. The van der Waals surface area contributed by atoms with Gasteiger partial charge in [-0.25, -0.2) is 9.78 Å². The van der Waals surface area contributed by atoms with Gasteiger partial charge in [-0.1, -0.05) is 52.6 Å². The number of rotatable bonds is 7. The number of hydrogen-bond acceptors (Lipinski definition) is 8. The number of ether oxygens (including phenoxy) is 2. The number of aromatic nitrogens is 2. The predicted molar refractivity (Wildman–Crippen MR) is 143 cm³/mol. The number of nitro groups is 1. The Labute approximate surface area is 223 Å². The van der Waals surface area contributed by atoms with Gasteiger partial charge in [-0.3, -0.25) is 14.9 Å². The largest absolute Gasteiger partial charge is 0.471 e. The number of nitrogens with zero attached hydrogens (tertiary/aromatic N) is 4. The maximum atomic E-state index is 13.4. The highest BCUT2D eigenvalue weighted by Gasteiger charge is 2.27. The molecule has 1 heterocycles. The quantitative estimate of drug-likeness (QED) is 0.150. The molecular weight excluding hydrogens is 600 g/mol. The van der Waals surface area contributed by atoms with Crippen LogP contribution < -0.4 is 10.3 Å². The number of esters is 1. The van der Waals surface area contributed by atoms with Crippen molar-refractivity contribution in [2.24, 2.45) is 5.10 Å². The van der Waals surface area contributed by atoms with Crippen LogP contribution in [0.4, 0.5) is 5.69 Å². The fourth-order valence-corrected chi connectivity index (χ4v) is 4.13. The van der Waals surface area contributed by atoms with Crippen molar-refractivity contribution in [3.05, 3.63) is 71.1 Å². The van der Waals surface area contributed by atoms with E-state index in [1.807, 2.05) is 20.8 Å². The summed E-state index contributed by atoms with van der Waals surface area (Å²) in [7, 11) is 0. The van der Waals surface area contributed by atoms with Gasteiger partial charge in [-0.2, -0.15) is 9.78 Å². The zero-order valence-electron chi connectivity index (χ0n) is 20.2. The minimum absolute atomic E-state index is 0.132. The molecule has 3 rings (SSSR count). The van der Waals surface area contributed by atoms with Gasteiger partial charge in [0.25, 0.3) is 5.56 Å². The summed E-state index contributed by atoms with van der Waals surface area (Å²) in [4.78, 5) is 41.3. The Hall–Kier alpha value is -3.12. The molecule has 0 fully saturated rings. The molecular formula is C24H24Br2N4O6. The molecule has 0 spiro atoms. The molecule has 2 aromatic carbocycles. The Morgan fingerprint density at radius 2 is 1.94 bits per heavy atom. The summed E-state index contributed by atoms with van der Waals surface area (Å²) >= 11 is 6.64. The van der Waals surface area contributed by atoms with Gasteiger partial charge in [-0.05, 0) is 38.1 Å². The first kappa shape index (κ1) is 27.5. The van der Waals surface area contributed by atoms with E-state index in [0.29, 0.717) is 25.7 Å². The van der Waals surface area contributed by atoms with Crippen LogP contribution in [0.15, 0.2) is 49.2 Å². The first-order valence-corrected chi connectivity index (χ1v) is 12.5. The Morgan fingerprint density at radius 1 is 1.25 bits per heavy atom. The van der Waals surface area contributed by atoms with Crippen molar-refractivity contribution in [3.8, 4) is 5.75 Å². The fraction of sp³-hybridized carbons (Fsp3) is 0.333. The molecule has 0 saturated carbocycles. The number of carbonyl (C=O) groups excluding carboxylic acids is 1. The first-order chi connectivity index (χ1) is 16.8. The van der Waals surface area contributed by atoms with Crippen molar-refractivity contribution < 1.29 is 19.2 Å². The SMILES string of the molecule is CCOC(=O)[C@H](C)Oc1c(C=Nn2c(C(C)(C)C)nc3ccc(Br)cc3c2=O)cc(Br)cc1[N+](=O)[O-]. The van der Waals surface area contributed by atoms with Gasteiger partial charge in [0.15, 0.2) is 6.10 Å². The Balaban J connectivity index is 2.22. The summed E-state index contributed by atoms with van der Waals surface area (Å²) in [5.74, 6) is -0.465. The summed E-state index contributed by atoms with van der Waals surface area (Å²) in [6, 6.07) is 7.99. The molecule has 1 aromatic heterocycles. The molecule has 12 heteroatoms. The summed E-state index contributed by atoms with van der Waals surface area (Å²) in [6.45, 7) is 8.89. The van der Waals surface area contributed by atoms with E-state index in [0.717, 1.165) is 0 Å². The smallest absolute Gasteiger partial charge is 0.347 e. The second-order valence-electron chi connectivity index (χ2n) is 8.82. The van der Waals surface area contributed by atoms with Gasteiger partial charge >= 0.3 is 11.7 Å². The van der Waals surface area contributed by atoms with Gasteiger partial charge in [0.2, 0.25) is 5.75 Å². The monoisotopic (exact) mass is 622 g/mol. The maximum absolute atomic E-state index is 13.4. The van der Waals surface area contributed by atoms with E-state index in [-0.39, 0.29) is 23.6 Å². The molecule has 0 aliphatic heterocycles. The molecule has 36 heavy (non-hydrogen) atoms. The van der Waals surface area contributed by atoms with Crippen molar-refractivity contribution in [3.63, 3.8) is 0 Å². The molecule has 0 saturated heterocycles. The van der Waals surface area contributed by atoms with Crippen LogP contribution in [0.3, 0.4) is 0 Å². The van der Waals surface area contributed by atoms with E-state index in [2.05, 4.69) is 41.9 Å². The number of fused-ring (bicyclic) bond motifs is 1. The summed E-state index contributed by atoms with van der Waals surface area (Å²) < 4.78 is 12.9. The first-order valence-electron chi connectivity index (χ1n) is 10.9. The number of halogens is 2. The minimum Gasteiger partial charge on any atom is -0.471 e. The third-order valence-electron chi connectivity index (χ3n) is 4.96. The van der Waals surface area contributed by atoms with Crippen molar-refractivity contribution in [2.75, 3.05) is 6.61 Å². The Morgan fingerprint density at radius 3 is 2.56 bits per heavy atom. The molecule has 0 unspecified atom stereocenters. The lowest BCUT2D eigenvalue weighted by atomic mass is 9.95. The molecule has 0 N–H and O–H groups in total. The lowest BCUT2D eigenvalue weighted by Crippen LogP contribution is -2.29. The second-order valence-corrected chi connectivity index (χ2v) is 10.7. The average molecular weight is 624 g/mol. The van der Waals surface area contributed by atoms with Crippen LogP contribution in [-0.2, 0) is 14.9 Å². The minimum atomic E-state index is -1.12. The van der Waals surface area contributed by atoms with Crippen LogP contribution in [0, 0.1) is 10.1 Å². The second kappa shape index (κ2) is 10.9. The number of carbonyl (C=O) groups is 1. The highest BCUT2D eigenvalue weighted by molar-refractivity contribution is 9.10. The number of hydrogen-bond donors (Lipinski definition) is 0. The van der Waals surface area contributed by atoms with Crippen LogP contribution in [0.25, 0.3) is 10.9 Å². The van der Waals surface area contributed by atoms with Crippen molar-refractivity contribution in [1.29, 1.82) is 0 Å². The van der Waals surface area contributed by atoms with Crippen molar-refractivity contribution >= 4 is 60.6 Å². The van der Waals surface area contributed by atoms with Gasteiger partial charge in [-0.15, -0.1) is 0 Å². The molecule has 0 amide bonds. The van der Waals surface area contributed by atoms with Gasteiger partial charge in [0.1, 0.15) is 5.82 Å². The van der Waals surface area contributed by atoms with Gasteiger partial charge in [0, 0.05) is 26.0 Å². The van der Waals surface area contributed by atoms with Crippen LogP contribution in [0.1, 0.15) is 46.0 Å². The topological polar surface area (TPSA) is 126 Å². The van der Waals surface area contributed by atoms with Gasteiger partial charge < -0.3 is 9.47 Å². The maximum Gasteiger partial charge on any atom is 0.347 e. The summed E-state index contributed by atoms with van der Waals surface area (Å²) in [5, 5.41) is 16.5. The van der Waals surface area contributed by atoms with Crippen LogP contribution in [0.2, 0.25) is 0 Å².